The molecule has 164 valence electrons. The van der Waals surface area contributed by atoms with Gasteiger partial charge in [-0.1, -0.05) is 58.4 Å². The minimum Gasteiger partial charge on any atom is -0.489 e. The summed E-state index contributed by atoms with van der Waals surface area (Å²) in [4.78, 5) is 15.2. The van der Waals surface area contributed by atoms with E-state index in [9.17, 15) is 9.90 Å². The summed E-state index contributed by atoms with van der Waals surface area (Å²) in [5.74, 6) is -0.146. The van der Waals surface area contributed by atoms with Crippen LogP contribution < -0.4 is 10.1 Å². The molecule has 4 rings (SSSR count). The van der Waals surface area contributed by atoms with Crippen LogP contribution in [0.15, 0.2) is 77.4 Å². The zero-order valence-corrected chi connectivity index (χ0v) is 19.4. The maximum atomic E-state index is 12.0. The van der Waals surface area contributed by atoms with Gasteiger partial charge in [0, 0.05) is 40.1 Å². The molecule has 0 aliphatic rings. The molecule has 0 spiro atoms. The predicted molar refractivity (Wildman–Crippen MR) is 130 cm³/mol. The molecule has 0 unspecified atom stereocenters. The number of rotatable bonds is 9. The van der Waals surface area contributed by atoms with Crippen molar-refractivity contribution in [2.75, 3.05) is 0 Å². The molecule has 3 N–H and O–H groups in total. The Bertz CT molecular complexity index is 1230. The SMILES string of the molecule is Cc1ccccc1COc1ccc(Br)cc1CN[C@@H](Cc1c[nH]c2ccccc12)C(=O)O. The summed E-state index contributed by atoms with van der Waals surface area (Å²) in [6, 6.07) is 21.1. The summed E-state index contributed by atoms with van der Waals surface area (Å²) in [5, 5.41) is 14.1. The molecule has 1 heterocycles. The standard InChI is InChI=1S/C26H25BrN2O3/c1-17-6-2-3-7-18(17)16-32-25-11-10-21(27)12-20(25)15-29-24(26(30)31)13-19-14-28-23-9-5-4-8-22(19)23/h2-12,14,24,28-29H,13,15-16H2,1H3,(H,30,31)/t24-/m0/s1. The van der Waals surface area contributed by atoms with Gasteiger partial charge in [-0.3, -0.25) is 10.1 Å². The first kappa shape index (κ1) is 22.1. The molecule has 0 saturated heterocycles. The summed E-state index contributed by atoms with van der Waals surface area (Å²) in [6.07, 6.45) is 2.27. The van der Waals surface area contributed by atoms with Crippen LogP contribution in [-0.4, -0.2) is 22.1 Å². The predicted octanol–water partition coefficient (Wildman–Crippen LogP) is 5.60. The average Bonchev–Trinajstić information content (AvgIpc) is 3.19. The van der Waals surface area contributed by atoms with Gasteiger partial charge in [-0.15, -0.1) is 0 Å². The van der Waals surface area contributed by atoms with Crippen molar-refractivity contribution in [2.45, 2.75) is 32.5 Å². The maximum absolute atomic E-state index is 12.0. The Kier molecular flexibility index (Phi) is 6.93. The quantitative estimate of drug-likeness (QED) is 0.284. The molecule has 0 amide bonds. The molecule has 0 fully saturated rings. The number of benzene rings is 3. The fourth-order valence-corrected chi connectivity index (χ4v) is 4.16. The van der Waals surface area contributed by atoms with E-state index < -0.39 is 12.0 Å². The number of fused-ring (bicyclic) bond motifs is 1. The number of aliphatic carboxylic acids is 1. The monoisotopic (exact) mass is 492 g/mol. The second-order valence-corrected chi connectivity index (χ2v) is 8.72. The zero-order chi connectivity index (χ0) is 22.5. The number of aromatic nitrogens is 1. The molecule has 6 heteroatoms. The number of carboxylic acids is 1. The first-order valence-electron chi connectivity index (χ1n) is 10.5. The van der Waals surface area contributed by atoms with Gasteiger partial charge in [0.1, 0.15) is 18.4 Å². The fraction of sp³-hybridized carbons (Fsp3) is 0.192. The normalized spacial score (nSPS) is 12.1. The number of ether oxygens (including phenoxy) is 1. The van der Waals surface area contributed by atoms with Crippen molar-refractivity contribution >= 4 is 32.8 Å². The Morgan fingerprint density at radius 1 is 1.06 bits per heavy atom. The average molecular weight is 493 g/mol. The Morgan fingerprint density at radius 3 is 2.66 bits per heavy atom. The van der Waals surface area contributed by atoms with E-state index in [4.69, 9.17) is 4.74 Å². The van der Waals surface area contributed by atoms with E-state index in [0.717, 1.165) is 37.8 Å². The molecule has 1 atom stereocenters. The van der Waals surface area contributed by atoms with Crippen molar-refractivity contribution in [1.29, 1.82) is 0 Å². The largest absolute Gasteiger partial charge is 0.489 e. The first-order chi connectivity index (χ1) is 15.5. The van der Waals surface area contributed by atoms with E-state index in [1.807, 2.05) is 66.9 Å². The van der Waals surface area contributed by atoms with Gasteiger partial charge in [-0.2, -0.15) is 0 Å². The molecular weight excluding hydrogens is 468 g/mol. The van der Waals surface area contributed by atoms with Crippen molar-refractivity contribution in [3.05, 3.63) is 99.7 Å². The highest BCUT2D eigenvalue weighted by Crippen LogP contribution is 2.25. The molecule has 0 saturated carbocycles. The smallest absolute Gasteiger partial charge is 0.321 e. The second-order valence-electron chi connectivity index (χ2n) is 7.80. The molecule has 4 aromatic rings. The number of nitrogens with one attached hydrogen (secondary N) is 2. The van der Waals surface area contributed by atoms with Gasteiger partial charge in [0.15, 0.2) is 0 Å². The molecule has 0 aliphatic heterocycles. The van der Waals surface area contributed by atoms with Crippen LogP contribution in [0.25, 0.3) is 10.9 Å². The van der Waals surface area contributed by atoms with Crippen LogP contribution in [0.4, 0.5) is 0 Å². The first-order valence-corrected chi connectivity index (χ1v) is 11.3. The van der Waals surface area contributed by atoms with Gasteiger partial charge < -0.3 is 14.8 Å². The van der Waals surface area contributed by atoms with Gasteiger partial charge in [-0.05, 0) is 47.9 Å². The Balaban J connectivity index is 1.48. The highest BCUT2D eigenvalue weighted by Gasteiger charge is 2.20. The van der Waals surface area contributed by atoms with Crippen LogP contribution >= 0.6 is 15.9 Å². The van der Waals surface area contributed by atoms with Gasteiger partial charge in [0.25, 0.3) is 0 Å². The third-order valence-corrected chi connectivity index (χ3v) is 6.10. The molecule has 0 radical (unpaired) electrons. The number of hydrogen-bond donors (Lipinski definition) is 3. The number of carbonyl (C=O) groups is 1. The van der Waals surface area contributed by atoms with E-state index in [1.165, 1.54) is 5.56 Å². The lowest BCUT2D eigenvalue weighted by Gasteiger charge is -2.17. The van der Waals surface area contributed by atoms with Gasteiger partial charge in [0.2, 0.25) is 0 Å². The van der Waals surface area contributed by atoms with Gasteiger partial charge in [0.05, 0.1) is 0 Å². The molecule has 3 aromatic carbocycles. The number of halogens is 1. The van der Waals surface area contributed by atoms with Crippen LogP contribution in [0.5, 0.6) is 5.75 Å². The van der Waals surface area contributed by atoms with E-state index in [-0.39, 0.29) is 0 Å². The highest BCUT2D eigenvalue weighted by molar-refractivity contribution is 9.10. The summed E-state index contributed by atoms with van der Waals surface area (Å²) >= 11 is 3.51. The van der Waals surface area contributed by atoms with Crippen molar-refractivity contribution in [1.82, 2.24) is 10.3 Å². The van der Waals surface area contributed by atoms with Crippen LogP contribution in [0, 0.1) is 6.92 Å². The minimum absolute atomic E-state index is 0.377. The number of H-pyrrole nitrogens is 1. The lowest BCUT2D eigenvalue weighted by Crippen LogP contribution is -2.38. The Labute approximate surface area is 195 Å². The van der Waals surface area contributed by atoms with E-state index in [1.54, 1.807) is 0 Å². The zero-order valence-electron chi connectivity index (χ0n) is 17.8. The van der Waals surface area contributed by atoms with E-state index in [2.05, 4.69) is 39.2 Å². The summed E-state index contributed by atoms with van der Waals surface area (Å²) in [5.41, 5.74) is 5.18. The maximum Gasteiger partial charge on any atom is 0.321 e. The van der Waals surface area contributed by atoms with E-state index in [0.29, 0.717) is 19.6 Å². The summed E-state index contributed by atoms with van der Waals surface area (Å²) in [7, 11) is 0. The molecule has 0 aliphatic carbocycles. The molecule has 5 nitrogen and oxygen atoms in total. The van der Waals surface area contributed by atoms with Crippen molar-refractivity contribution in [3.63, 3.8) is 0 Å². The number of aromatic amines is 1. The van der Waals surface area contributed by atoms with Crippen LogP contribution in [0.3, 0.4) is 0 Å². The molecule has 1 aromatic heterocycles. The number of hydrogen-bond acceptors (Lipinski definition) is 3. The second kappa shape index (κ2) is 10.0. The lowest BCUT2D eigenvalue weighted by atomic mass is 10.0. The van der Waals surface area contributed by atoms with Crippen LogP contribution in [-0.2, 0) is 24.4 Å². The molecule has 32 heavy (non-hydrogen) atoms. The van der Waals surface area contributed by atoms with Crippen molar-refractivity contribution in [3.8, 4) is 5.75 Å². The fourth-order valence-electron chi connectivity index (χ4n) is 3.75. The van der Waals surface area contributed by atoms with Crippen molar-refractivity contribution in [2.24, 2.45) is 0 Å². The van der Waals surface area contributed by atoms with E-state index >= 15 is 0 Å². The summed E-state index contributed by atoms with van der Waals surface area (Å²) in [6.45, 7) is 2.89. The third kappa shape index (κ3) is 5.21. The number of aryl methyl sites for hydroxylation is 1. The van der Waals surface area contributed by atoms with Crippen LogP contribution in [0.2, 0.25) is 0 Å². The lowest BCUT2D eigenvalue weighted by molar-refractivity contribution is -0.139. The third-order valence-electron chi connectivity index (χ3n) is 5.60. The van der Waals surface area contributed by atoms with Crippen LogP contribution in [0.1, 0.15) is 22.3 Å². The molecule has 0 bridgehead atoms. The molecular formula is C26H25BrN2O3. The Morgan fingerprint density at radius 2 is 1.84 bits per heavy atom. The highest BCUT2D eigenvalue weighted by atomic mass is 79.9. The van der Waals surface area contributed by atoms with Gasteiger partial charge in [-0.25, -0.2) is 0 Å². The number of carboxylic acid groups (broad SMARTS) is 1. The van der Waals surface area contributed by atoms with Crippen molar-refractivity contribution < 1.29 is 14.6 Å². The summed E-state index contributed by atoms with van der Waals surface area (Å²) < 4.78 is 7.02. The van der Waals surface area contributed by atoms with Gasteiger partial charge >= 0.3 is 5.97 Å². The topological polar surface area (TPSA) is 74.3 Å². The Hall–Kier alpha value is -3.09. The number of para-hydroxylation sites is 1. The minimum atomic E-state index is -0.882.